The van der Waals surface area contributed by atoms with E-state index in [0.717, 1.165) is 27.4 Å². The lowest BCUT2D eigenvalue weighted by molar-refractivity contribution is -0.165. The Balaban J connectivity index is 1.56. The van der Waals surface area contributed by atoms with E-state index >= 15 is 0 Å². The number of carbonyl (C=O) groups excluding carboxylic acids is 2. The summed E-state index contributed by atoms with van der Waals surface area (Å²) in [6, 6.07) is 9.36. The normalized spacial score (nSPS) is 21.0. The van der Waals surface area contributed by atoms with Gasteiger partial charge in [-0.15, -0.1) is 0 Å². The van der Waals surface area contributed by atoms with Crippen LogP contribution in [0, 0.1) is 12.8 Å². The van der Waals surface area contributed by atoms with Crippen LogP contribution in [0.3, 0.4) is 0 Å². The number of carboxylic acids is 1. The van der Waals surface area contributed by atoms with Crippen LogP contribution in [0.4, 0.5) is 10.5 Å². The highest BCUT2D eigenvalue weighted by Gasteiger charge is 2.56. The molecule has 3 heterocycles. The third-order valence-electron chi connectivity index (χ3n) is 5.21. The number of anilines is 1. The fourth-order valence-electron chi connectivity index (χ4n) is 3.90. The minimum Gasteiger partial charge on any atom is -0.480 e. The molecule has 1 fully saturated rings. The van der Waals surface area contributed by atoms with Crippen molar-refractivity contribution in [3.8, 4) is 0 Å². The first-order valence-electron chi connectivity index (χ1n) is 8.84. The van der Waals surface area contributed by atoms with Gasteiger partial charge in [-0.2, -0.15) is 0 Å². The van der Waals surface area contributed by atoms with Crippen LogP contribution >= 0.6 is 0 Å². The number of carboxylic acid groups (broad SMARTS) is 1. The van der Waals surface area contributed by atoms with Crippen molar-refractivity contribution in [1.29, 1.82) is 0 Å². The second kappa shape index (κ2) is 6.50. The minimum atomic E-state index is -1.16. The Labute approximate surface area is 156 Å². The van der Waals surface area contributed by atoms with Crippen LogP contribution in [0.2, 0.25) is 0 Å². The van der Waals surface area contributed by atoms with E-state index in [1.807, 2.05) is 37.3 Å². The zero-order valence-electron chi connectivity index (χ0n) is 14.8. The molecule has 0 aliphatic carbocycles. The molecule has 2 atom stereocenters. The van der Waals surface area contributed by atoms with E-state index in [2.05, 4.69) is 4.98 Å². The molecule has 0 bridgehead atoms. The van der Waals surface area contributed by atoms with Crippen molar-refractivity contribution < 1.29 is 19.5 Å². The number of hydrogen-bond donors (Lipinski definition) is 1. The highest BCUT2D eigenvalue weighted by atomic mass is 16.4. The van der Waals surface area contributed by atoms with Gasteiger partial charge in [-0.05, 0) is 49.1 Å². The Bertz CT molecular complexity index is 942. The second-order valence-electron chi connectivity index (χ2n) is 6.92. The smallest absolute Gasteiger partial charge is 0.332 e. The van der Waals surface area contributed by atoms with E-state index in [9.17, 15) is 19.5 Å². The van der Waals surface area contributed by atoms with Gasteiger partial charge >= 0.3 is 12.0 Å². The van der Waals surface area contributed by atoms with E-state index in [4.69, 9.17) is 0 Å². The third kappa shape index (κ3) is 2.85. The molecule has 27 heavy (non-hydrogen) atoms. The largest absolute Gasteiger partial charge is 0.480 e. The summed E-state index contributed by atoms with van der Waals surface area (Å²) < 4.78 is 0. The van der Waals surface area contributed by atoms with Crippen LogP contribution in [0.5, 0.6) is 0 Å². The van der Waals surface area contributed by atoms with Gasteiger partial charge in [0.2, 0.25) is 5.91 Å². The number of pyridine rings is 1. The predicted octanol–water partition coefficient (Wildman–Crippen LogP) is 2.03. The molecule has 138 valence electrons. The number of amides is 3. The maximum Gasteiger partial charge on any atom is 0.332 e. The number of carbonyl (C=O) groups is 3. The second-order valence-corrected chi connectivity index (χ2v) is 6.92. The monoisotopic (exact) mass is 365 g/mol. The van der Waals surface area contributed by atoms with Crippen LogP contribution in [0.25, 0.3) is 0 Å². The number of imide groups is 1. The van der Waals surface area contributed by atoms with Crippen LogP contribution in [0.15, 0.2) is 42.6 Å². The summed E-state index contributed by atoms with van der Waals surface area (Å²) in [5.41, 5.74) is 3.40. The van der Waals surface area contributed by atoms with Gasteiger partial charge in [-0.1, -0.05) is 18.2 Å². The van der Waals surface area contributed by atoms with Crippen LogP contribution in [-0.2, 0) is 22.4 Å². The van der Waals surface area contributed by atoms with Gasteiger partial charge in [0.05, 0.1) is 5.92 Å². The standard InChI is InChI=1S/C20H19N3O4/c1-12-10-13(6-8-21-12)11-15-17(19(25)26)23(18(15)24)20(27)22-9-7-14-4-2-3-5-16(14)22/h2-6,8,10,15,17H,7,9,11H2,1H3,(H,25,26)/t15-,17+/m1/s1. The van der Waals surface area contributed by atoms with Crippen LogP contribution < -0.4 is 4.90 Å². The predicted molar refractivity (Wildman–Crippen MR) is 97.3 cm³/mol. The Morgan fingerprint density at radius 3 is 2.78 bits per heavy atom. The first-order chi connectivity index (χ1) is 13.0. The number of likely N-dealkylation sites (tertiary alicyclic amines) is 1. The Kier molecular flexibility index (Phi) is 4.14. The first-order valence-corrected chi connectivity index (χ1v) is 8.84. The van der Waals surface area contributed by atoms with Crippen molar-refractivity contribution >= 4 is 23.6 Å². The van der Waals surface area contributed by atoms with Crippen molar-refractivity contribution in [2.24, 2.45) is 5.92 Å². The summed E-state index contributed by atoms with van der Waals surface area (Å²) in [5.74, 6) is -2.34. The number of aryl methyl sites for hydroxylation is 1. The Morgan fingerprint density at radius 2 is 2.04 bits per heavy atom. The van der Waals surface area contributed by atoms with Crippen molar-refractivity contribution in [2.75, 3.05) is 11.4 Å². The fourth-order valence-corrected chi connectivity index (χ4v) is 3.90. The quantitative estimate of drug-likeness (QED) is 0.841. The zero-order chi connectivity index (χ0) is 19.1. The lowest BCUT2D eigenvalue weighted by Crippen LogP contribution is -2.69. The summed E-state index contributed by atoms with van der Waals surface area (Å²) in [6.07, 6.45) is 2.61. The van der Waals surface area contributed by atoms with Crippen molar-refractivity contribution in [3.05, 3.63) is 59.4 Å². The number of aliphatic carboxylic acids is 1. The topological polar surface area (TPSA) is 90.8 Å². The molecule has 2 aliphatic heterocycles. The number of urea groups is 1. The molecule has 1 N–H and O–H groups in total. The van der Waals surface area contributed by atoms with Gasteiger partial charge in [-0.3, -0.25) is 14.7 Å². The lowest BCUT2D eigenvalue weighted by Gasteiger charge is -2.44. The number of para-hydroxylation sites is 1. The first kappa shape index (κ1) is 17.2. The van der Waals surface area contributed by atoms with E-state index in [1.165, 1.54) is 4.90 Å². The minimum absolute atomic E-state index is 0.277. The number of rotatable bonds is 3. The molecule has 2 aliphatic rings. The summed E-state index contributed by atoms with van der Waals surface area (Å²) in [4.78, 5) is 43.9. The van der Waals surface area contributed by atoms with Gasteiger partial charge in [0, 0.05) is 24.1 Å². The summed E-state index contributed by atoms with van der Waals surface area (Å²) >= 11 is 0. The van der Waals surface area contributed by atoms with Crippen molar-refractivity contribution in [3.63, 3.8) is 0 Å². The molecule has 0 radical (unpaired) electrons. The van der Waals surface area contributed by atoms with Gasteiger partial charge in [0.15, 0.2) is 6.04 Å². The molecule has 0 unspecified atom stereocenters. The molecule has 1 aromatic carbocycles. The SMILES string of the molecule is Cc1cc(C[C@H]2C(=O)N(C(=O)N3CCc4ccccc43)[C@@H]2C(=O)O)ccn1. The number of hydrogen-bond acceptors (Lipinski definition) is 4. The van der Waals surface area contributed by atoms with Gasteiger partial charge in [0.25, 0.3) is 0 Å². The maximum absolute atomic E-state index is 12.9. The summed E-state index contributed by atoms with van der Waals surface area (Å²) in [7, 11) is 0. The zero-order valence-corrected chi connectivity index (χ0v) is 14.8. The number of benzene rings is 1. The molecule has 7 nitrogen and oxygen atoms in total. The number of β-lactam (4-membered cyclic amide) rings is 1. The van der Waals surface area contributed by atoms with Crippen molar-refractivity contribution in [1.82, 2.24) is 9.88 Å². The molecule has 0 spiro atoms. The summed E-state index contributed by atoms with van der Waals surface area (Å²) in [6.45, 7) is 2.28. The highest BCUT2D eigenvalue weighted by molar-refractivity contribution is 6.12. The molecule has 1 aromatic heterocycles. The highest BCUT2D eigenvalue weighted by Crippen LogP contribution is 2.35. The molecule has 1 saturated heterocycles. The molecule has 0 saturated carbocycles. The van der Waals surface area contributed by atoms with Gasteiger partial charge < -0.3 is 5.11 Å². The van der Waals surface area contributed by atoms with E-state index in [0.29, 0.717) is 13.0 Å². The summed E-state index contributed by atoms with van der Waals surface area (Å²) in [5, 5.41) is 9.63. The van der Waals surface area contributed by atoms with E-state index in [1.54, 1.807) is 12.3 Å². The maximum atomic E-state index is 12.9. The average molecular weight is 365 g/mol. The Morgan fingerprint density at radius 1 is 1.26 bits per heavy atom. The number of fused-ring (bicyclic) bond motifs is 1. The Hall–Kier alpha value is -3.22. The fraction of sp³-hybridized carbons (Fsp3) is 0.300. The van der Waals surface area contributed by atoms with Gasteiger partial charge in [0.1, 0.15) is 0 Å². The lowest BCUT2D eigenvalue weighted by atomic mass is 9.82. The van der Waals surface area contributed by atoms with Crippen LogP contribution in [0.1, 0.15) is 16.8 Å². The number of aromatic nitrogens is 1. The molecular weight excluding hydrogens is 346 g/mol. The van der Waals surface area contributed by atoms with Crippen molar-refractivity contribution in [2.45, 2.75) is 25.8 Å². The molecule has 2 aromatic rings. The molecule has 4 rings (SSSR count). The molecular formula is C20H19N3O4. The molecule has 7 heteroatoms. The average Bonchev–Trinajstić information content (AvgIpc) is 3.07. The van der Waals surface area contributed by atoms with E-state index in [-0.39, 0.29) is 6.42 Å². The number of nitrogens with zero attached hydrogens (tertiary/aromatic N) is 3. The third-order valence-corrected chi connectivity index (χ3v) is 5.21. The molecule has 3 amide bonds. The van der Waals surface area contributed by atoms with E-state index < -0.39 is 29.9 Å². The van der Waals surface area contributed by atoms with Gasteiger partial charge in [-0.25, -0.2) is 14.5 Å². The van der Waals surface area contributed by atoms with Crippen LogP contribution in [-0.4, -0.2) is 45.5 Å².